The molecule has 0 aromatic heterocycles. The molecule has 0 atom stereocenters. The Hall–Kier alpha value is -3.68. The van der Waals surface area contributed by atoms with Gasteiger partial charge in [0.2, 0.25) is 12.7 Å². The molecular weight excluding hydrogens is 459 g/mol. The van der Waals surface area contributed by atoms with Gasteiger partial charge in [0.25, 0.3) is 0 Å². The fourth-order valence-corrected chi connectivity index (χ4v) is 4.31. The van der Waals surface area contributed by atoms with Crippen LogP contribution in [0.25, 0.3) is 11.1 Å². The van der Waals surface area contributed by atoms with E-state index in [0.29, 0.717) is 35.6 Å². The molecule has 1 amide bonds. The zero-order valence-corrected chi connectivity index (χ0v) is 19.2. The highest BCUT2D eigenvalue weighted by molar-refractivity contribution is 6.02. The topological polar surface area (TPSA) is 56.8 Å². The van der Waals surface area contributed by atoms with Crippen LogP contribution in [-0.2, 0) is 10.2 Å². The molecule has 3 aromatic rings. The van der Waals surface area contributed by atoms with Gasteiger partial charge in [-0.05, 0) is 65.8 Å². The number of amides is 1. The van der Waals surface area contributed by atoms with Gasteiger partial charge in [-0.1, -0.05) is 44.2 Å². The van der Waals surface area contributed by atoms with Gasteiger partial charge in [-0.2, -0.15) is 0 Å². The molecular formula is C27H26F3NO4. The summed E-state index contributed by atoms with van der Waals surface area (Å²) >= 11 is 0. The van der Waals surface area contributed by atoms with Crippen LogP contribution in [0.2, 0.25) is 0 Å². The van der Waals surface area contributed by atoms with E-state index < -0.39 is 11.8 Å². The molecule has 184 valence electrons. The molecule has 0 radical (unpaired) electrons. The van der Waals surface area contributed by atoms with Gasteiger partial charge < -0.3 is 19.5 Å². The zero-order chi connectivity index (χ0) is 24.8. The summed E-state index contributed by atoms with van der Waals surface area (Å²) in [4.78, 5) is 13.3. The molecule has 8 heteroatoms. The molecule has 0 bridgehead atoms. The molecule has 3 aromatic carbocycles. The summed E-state index contributed by atoms with van der Waals surface area (Å²) in [6.45, 7) is 4.22. The van der Waals surface area contributed by atoms with Gasteiger partial charge in [0.05, 0.1) is 5.41 Å². The zero-order valence-electron chi connectivity index (χ0n) is 19.2. The Morgan fingerprint density at radius 2 is 1.71 bits per heavy atom. The highest BCUT2D eigenvalue weighted by atomic mass is 19.4. The van der Waals surface area contributed by atoms with Crippen LogP contribution >= 0.6 is 0 Å². The van der Waals surface area contributed by atoms with Gasteiger partial charge in [-0.15, -0.1) is 13.2 Å². The first-order chi connectivity index (χ1) is 16.6. The summed E-state index contributed by atoms with van der Waals surface area (Å²) in [6, 6.07) is 16.9. The molecule has 1 aliphatic heterocycles. The van der Waals surface area contributed by atoms with Crippen molar-refractivity contribution < 1.29 is 33.6 Å². The van der Waals surface area contributed by atoms with E-state index in [1.165, 1.54) is 18.2 Å². The minimum absolute atomic E-state index is 0. The average molecular weight is 486 g/mol. The number of fused-ring (bicyclic) bond motifs is 1. The van der Waals surface area contributed by atoms with E-state index in [4.69, 9.17) is 9.47 Å². The third kappa shape index (κ3) is 4.65. The second-order valence-corrected chi connectivity index (χ2v) is 9.14. The minimum Gasteiger partial charge on any atom is -0.454 e. The molecule has 1 aliphatic carbocycles. The predicted molar refractivity (Wildman–Crippen MR) is 127 cm³/mol. The lowest BCUT2D eigenvalue weighted by Crippen LogP contribution is -2.27. The molecule has 5 rings (SSSR count). The fourth-order valence-electron chi connectivity index (χ4n) is 4.31. The van der Waals surface area contributed by atoms with Crippen LogP contribution in [0.15, 0.2) is 60.7 Å². The SMILES string of the molecule is CC(C)c1ccc(-c2cc(NC(=O)C3(c4ccc5c(c4)OCO5)CC3)ccc2OC(F)(F)F)cc1.[HH]. The summed E-state index contributed by atoms with van der Waals surface area (Å²) in [7, 11) is 0. The number of alkyl halides is 3. The predicted octanol–water partition coefficient (Wildman–Crippen LogP) is 7.02. The molecule has 1 fully saturated rings. The smallest absolute Gasteiger partial charge is 0.454 e. The maximum atomic E-state index is 13.3. The van der Waals surface area contributed by atoms with Crippen LogP contribution < -0.4 is 19.5 Å². The van der Waals surface area contributed by atoms with E-state index in [1.54, 1.807) is 18.2 Å². The first-order valence-electron chi connectivity index (χ1n) is 11.4. The van der Waals surface area contributed by atoms with Crippen LogP contribution in [-0.4, -0.2) is 19.1 Å². The third-order valence-corrected chi connectivity index (χ3v) is 6.46. The average Bonchev–Trinajstić information content (AvgIpc) is 3.50. The van der Waals surface area contributed by atoms with E-state index in [0.717, 1.165) is 11.1 Å². The molecule has 1 N–H and O–H groups in total. The van der Waals surface area contributed by atoms with E-state index in [2.05, 4.69) is 10.1 Å². The van der Waals surface area contributed by atoms with Crippen LogP contribution in [0.1, 0.15) is 45.2 Å². The number of carbonyl (C=O) groups is 1. The standard InChI is InChI=1S/C27H24F3NO4.H2/c1-16(2)17-3-5-18(6-4-17)21-14-20(8-10-22(21)35-27(28,29)30)31-25(32)26(11-12-26)19-7-9-23-24(13-19)34-15-33-23;/h3-10,13-14,16H,11-12,15H2,1-2H3,(H,31,32);1H. The molecule has 0 spiro atoms. The molecule has 0 unspecified atom stereocenters. The Kier molecular flexibility index (Phi) is 5.62. The van der Waals surface area contributed by atoms with Gasteiger partial charge in [0, 0.05) is 12.7 Å². The van der Waals surface area contributed by atoms with Gasteiger partial charge in [-0.3, -0.25) is 4.79 Å². The summed E-state index contributed by atoms with van der Waals surface area (Å²) < 4.78 is 54.2. The Morgan fingerprint density at radius 1 is 1.00 bits per heavy atom. The second kappa shape index (κ2) is 8.52. The van der Waals surface area contributed by atoms with Crippen molar-refractivity contribution in [1.29, 1.82) is 0 Å². The summed E-state index contributed by atoms with van der Waals surface area (Å²) in [6.07, 6.45) is -3.51. The Bertz CT molecular complexity index is 1270. The lowest BCUT2D eigenvalue weighted by molar-refractivity contribution is -0.274. The van der Waals surface area contributed by atoms with E-state index in [1.807, 2.05) is 38.1 Å². The van der Waals surface area contributed by atoms with Gasteiger partial charge in [-0.25, -0.2) is 0 Å². The molecule has 2 aliphatic rings. The maximum Gasteiger partial charge on any atom is 0.573 e. The Balaban J connectivity index is 0.00000304. The number of hydrogen-bond donors (Lipinski definition) is 1. The van der Waals surface area contributed by atoms with Crippen molar-refractivity contribution in [3.05, 3.63) is 71.8 Å². The second-order valence-electron chi connectivity index (χ2n) is 9.14. The van der Waals surface area contributed by atoms with E-state index in [-0.39, 0.29) is 31.4 Å². The monoisotopic (exact) mass is 485 g/mol. The fraction of sp³-hybridized carbons (Fsp3) is 0.296. The summed E-state index contributed by atoms with van der Waals surface area (Å²) in [5.74, 6) is 0.971. The maximum absolute atomic E-state index is 13.3. The highest BCUT2D eigenvalue weighted by Gasteiger charge is 2.51. The van der Waals surface area contributed by atoms with Crippen LogP contribution in [0.5, 0.6) is 17.2 Å². The van der Waals surface area contributed by atoms with Gasteiger partial charge >= 0.3 is 6.36 Å². The van der Waals surface area contributed by atoms with Gasteiger partial charge in [0.1, 0.15) is 5.75 Å². The largest absolute Gasteiger partial charge is 0.573 e. The number of carbonyl (C=O) groups excluding carboxylic acids is 1. The van der Waals surface area contributed by atoms with Crippen molar-refractivity contribution in [1.82, 2.24) is 0 Å². The molecule has 35 heavy (non-hydrogen) atoms. The lowest BCUT2D eigenvalue weighted by Gasteiger charge is -2.19. The van der Waals surface area contributed by atoms with Crippen LogP contribution in [0.4, 0.5) is 18.9 Å². The number of nitrogens with one attached hydrogen (secondary N) is 1. The minimum atomic E-state index is -4.84. The first-order valence-corrected chi connectivity index (χ1v) is 11.4. The highest BCUT2D eigenvalue weighted by Crippen LogP contribution is 2.51. The lowest BCUT2D eigenvalue weighted by atomic mass is 9.94. The number of anilines is 1. The van der Waals surface area contributed by atoms with E-state index in [9.17, 15) is 18.0 Å². The van der Waals surface area contributed by atoms with Crippen molar-refractivity contribution in [3.63, 3.8) is 0 Å². The molecule has 1 saturated carbocycles. The van der Waals surface area contributed by atoms with E-state index >= 15 is 0 Å². The van der Waals surface area contributed by atoms with Crippen molar-refractivity contribution in [2.45, 2.75) is 44.4 Å². The molecule has 5 nitrogen and oxygen atoms in total. The Morgan fingerprint density at radius 3 is 2.37 bits per heavy atom. The number of ether oxygens (including phenoxy) is 3. The molecule has 0 saturated heterocycles. The quantitative estimate of drug-likeness (QED) is 0.408. The van der Waals surface area contributed by atoms with Crippen molar-refractivity contribution >= 4 is 11.6 Å². The third-order valence-electron chi connectivity index (χ3n) is 6.46. The van der Waals surface area contributed by atoms with Crippen molar-refractivity contribution in [3.8, 4) is 28.4 Å². The van der Waals surface area contributed by atoms with Crippen LogP contribution in [0, 0.1) is 0 Å². The molecule has 1 heterocycles. The van der Waals surface area contributed by atoms with Gasteiger partial charge in [0.15, 0.2) is 11.5 Å². The first kappa shape index (κ1) is 23.1. The number of hydrogen-bond acceptors (Lipinski definition) is 4. The summed E-state index contributed by atoms with van der Waals surface area (Å²) in [5, 5.41) is 2.89. The summed E-state index contributed by atoms with van der Waals surface area (Å²) in [5.41, 5.74) is 2.36. The number of halogens is 3. The van der Waals surface area contributed by atoms with Crippen molar-refractivity contribution in [2.24, 2.45) is 0 Å². The normalized spacial score (nSPS) is 15.7. The Labute approximate surface area is 202 Å². The number of benzene rings is 3. The van der Waals surface area contributed by atoms with Crippen molar-refractivity contribution in [2.75, 3.05) is 12.1 Å². The number of rotatable bonds is 6. The van der Waals surface area contributed by atoms with Crippen LogP contribution in [0.3, 0.4) is 0 Å².